The van der Waals surface area contributed by atoms with Gasteiger partial charge in [0, 0.05) is 68.3 Å². The highest BCUT2D eigenvalue weighted by molar-refractivity contribution is 7.90. The van der Waals surface area contributed by atoms with Crippen molar-refractivity contribution in [3.8, 4) is 16.9 Å². The third-order valence-corrected chi connectivity index (χ3v) is 8.59. The van der Waals surface area contributed by atoms with Crippen molar-refractivity contribution in [2.24, 2.45) is 5.92 Å². The number of amides is 1. The molecule has 5 rings (SSSR count). The maximum Gasteiger partial charge on any atom is 0.407 e. The van der Waals surface area contributed by atoms with Gasteiger partial charge in [0.2, 0.25) is 6.29 Å². The Labute approximate surface area is 223 Å². The number of hydrogen-bond acceptors (Lipinski definition) is 8. The van der Waals surface area contributed by atoms with E-state index in [9.17, 15) is 18.3 Å². The van der Waals surface area contributed by atoms with Crippen molar-refractivity contribution in [2.45, 2.75) is 30.6 Å². The van der Waals surface area contributed by atoms with E-state index in [2.05, 4.69) is 10.2 Å². The minimum absolute atomic E-state index is 0.143. The molecule has 0 aromatic heterocycles. The molecule has 11 heteroatoms. The average molecular weight is 546 g/mol. The van der Waals surface area contributed by atoms with Gasteiger partial charge in [0.15, 0.2) is 9.84 Å². The van der Waals surface area contributed by atoms with Gasteiger partial charge in [-0.3, -0.25) is 4.90 Å². The number of carboxylic acid groups (broad SMARTS) is 1. The second kappa shape index (κ2) is 11.5. The van der Waals surface area contributed by atoms with Crippen LogP contribution in [0.2, 0.25) is 0 Å². The van der Waals surface area contributed by atoms with E-state index in [1.54, 1.807) is 12.1 Å². The Kier molecular flexibility index (Phi) is 8.08. The van der Waals surface area contributed by atoms with Gasteiger partial charge in [0.05, 0.1) is 24.7 Å². The quantitative estimate of drug-likeness (QED) is 0.541. The number of sulfone groups is 1. The van der Waals surface area contributed by atoms with Crippen LogP contribution in [0.3, 0.4) is 0 Å². The standard InChI is InChI=1S/C27H35N3O7S/c1-38(33,34)22-3-4-23(24(17-22)28-8-11-29-12-14-35-15-13-29)20-2-5-25-21(16-20)18-36-26(37-25)19-6-9-30(10-7-19)27(31)32/h2-5,16-17,19,26,28H,6-15,18H2,1H3,(H,31,32). The van der Waals surface area contributed by atoms with Crippen LogP contribution in [-0.4, -0.2) is 94.4 Å². The zero-order valence-corrected chi connectivity index (χ0v) is 22.4. The van der Waals surface area contributed by atoms with Gasteiger partial charge >= 0.3 is 6.09 Å². The summed E-state index contributed by atoms with van der Waals surface area (Å²) < 4.78 is 42.2. The van der Waals surface area contributed by atoms with E-state index < -0.39 is 22.2 Å². The van der Waals surface area contributed by atoms with Crippen molar-refractivity contribution in [2.75, 3.05) is 64.1 Å². The first-order valence-corrected chi connectivity index (χ1v) is 14.9. The summed E-state index contributed by atoms with van der Waals surface area (Å²) in [6.07, 6.45) is 1.35. The van der Waals surface area contributed by atoms with Crippen LogP contribution in [0, 0.1) is 5.92 Å². The van der Waals surface area contributed by atoms with Crippen LogP contribution in [0.5, 0.6) is 5.75 Å². The Morgan fingerprint density at radius 3 is 2.55 bits per heavy atom. The minimum atomic E-state index is -3.35. The van der Waals surface area contributed by atoms with Crippen LogP contribution in [-0.2, 0) is 25.9 Å². The lowest BCUT2D eigenvalue weighted by molar-refractivity contribution is -0.148. The summed E-state index contributed by atoms with van der Waals surface area (Å²) in [5, 5.41) is 12.6. The summed E-state index contributed by atoms with van der Waals surface area (Å²) in [6.45, 7) is 6.13. The SMILES string of the molecule is CS(=O)(=O)c1ccc(-c2ccc3c(c2)COC(C2CCN(C(=O)O)CC2)O3)c(NCCN2CCOCC2)c1. The number of hydrogen-bond donors (Lipinski definition) is 2. The van der Waals surface area contributed by atoms with Gasteiger partial charge in [0.1, 0.15) is 5.75 Å². The Hall–Kier alpha value is -2.86. The smallest absolute Gasteiger partial charge is 0.407 e. The molecular weight excluding hydrogens is 510 g/mol. The van der Waals surface area contributed by atoms with E-state index in [-0.39, 0.29) is 10.8 Å². The fourth-order valence-electron chi connectivity index (χ4n) is 5.23. The van der Waals surface area contributed by atoms with Gasteiger partial charge in [-0.25, -0.2) is 13.2 Å². The lowest BCUT2D eigenvalue weighted by Gasteiger charge is -2.36. The molecule has 1 unspecified atom stereocenters. The summed E-state index contributed by atoms with van der Waals surface area (Å²) >= 11 is 0. The van der Waals surface area contributed by atoms with E-state index >= 15 is 0 Å². The number of anilines is 1. The molecule has 0 saturated carbocycles. The first-order valence-electron chi connectivity index (χ1n) is 13.1. The lowest BCUT2D eigenvalue weighted by atomic mass is 9.95. The number of ether oxygens (including phenoxy) is 3. The minimum Gasteiger partial charge on any atom is -0.465 e. The summed E-state index contributed by atoms with van der Waals surface area (Å²) in [7, 11) is -3.35. The third kappa shape index (κ3) is 6.23. The topological polar surface area (TPSA) is 118 Å². The number of fused-ring (bicyclic) bond motifs is 1. The summed E-state index contributed by atoms with van der Waals surface area (Å²) in [6, 6.07) is 11.1. The van der Waals surface area contributed by atoms with Crippen LogP contribution in [0.4, 0.5) is 10.5 Å². The molecule has 0 radical (unpaired) electrons. The highest BCUT2D eigenvalue weighted by atomic mass is 32.2. The average Bonchev–Trinajstić information content (AvgIpc) is 2.92. The van der Waals surface area contributed by atoms with Crippen molar-refractivity contribution in [1.29, 1.82) is 0 Å². The molecule has 10 nitrogen and oxygen atoms in total. The van der Waals surface area contributed by atoms with Gasteiger partial charge in [0.25, 0.3) is 0 Å². The van der Waals surface area contributed by atoms with Gasteiger partial charge in [-0.1, -0.05) is 12.1 Å². The van der Waals surface area contributed by atoms with Crippen molar-refractivity contribution in [1.82, 2.24) is 9.80 Å². The predicted octanol–water partition coefficient (Wildman–Crippen LogP) is 3.13. The zero-order chi connectivity index (χ0) is 26.7. The summed E-state index contributed by atoms with van der Waals surface area (Å²) in [5.74, 6) is 0.907. The normalized spacial score (nSPS) is 21.0. The second-order valence-corrected chi connectivity index (χ2v) is 12.1. The third-order valence-electron chi connectivity index (χ3n) is 7.48. The summed E-state index contributed by atoms with van der Waals surface area (Å²) in [5.41, 5.74) is 3.54. The number of morpholine rings is 1. The first kappa shape index (κ1) is 26.7. The molecule has 0 aliphatic carbocycles. The van der Waals surface area contributed by atoms with Crippen LogP contribution in [0.25, 0.3) is 11.1 Å². The van der Waals surface area contributed by atoms with Crippen molar-refractivity contribution >= 4 is 21.6 Å². The van der Waals surface area contributed by atoms with Crippen LogP contribution in [0.15, 0.2) is 41.3 Å². The van der Waals surface area contributed by atoms with Crippen molar-refractivity contribution in [3.63, 3.8) is 0 Å². The van der Waals surface area contributed by atoms with Crippen LogP contribution < -0.4 is 10.1 Å². The molecule has 38 heavy (non-hydrogen) atoms. The number of benzene rings is 2. The fraction of sp³-hybridized carbons (Fsp3) is 0.519. The molecule has 3 aliphatic rings. The molecule has 206 valence electrons. The van der Waals surface area contributed by atoms with Gasteiger partial charge in [-0.2, -0.15) is 0 Å². The van der Waals surface area contributed by atoms with Gasteiger partial charge in [-0.15, -0.1) is 0 Å². The Morgan fingerprint density at radius 2 is 1.84 bits per heavy atom. The lowest BCUT2D eigenvalue weighted by Crippen LogP contribution is -2.43. The molecule has 2 saturated heterocycles. The summed E-state index contributed by atoms with van der Waals surface area (Å²) in [4.78, 5) is 15.2. The Bertz CT molecular complexity index is 1260. The highest BCUT2D eigenvalue weighted by Crippen LogP contribution is 2.37. The molecule has 3 heterocycles. The van der Waals surface area contributed by atoms with E-state index in [4.69, 9.17) is 14.2 Å². The Balaban J connectivity index is 1.31. The van der Waals surface area contributed by atoms with Crippen molar-refractivity contribution in [3.05, 3.63) is 42.0 Å². The molecule has 2 aromatic rings. The number of carbonyl (C=O) groups is 1. The molecule has 1 amide bonds. The van der Waals surface area contributed by atoms with Crippen LogP contribution in [0.1, 0.15) is 18.4 Å². The maximum absolute atomic E-state index is 12.2. The van der Waals surface area contributed by atoms with E-state index in [0.717, 1.165) is 61.0 Å². The number of rotatable bonds is 7. The number of nitrogens with zero attached hydrogens (tertiary/aromatic N) is 2. The second-order valence-electron chi connectivity index (χ2n) is 10.1. The molecule has 1 atom stereocenters. The zero-order valence-electron chi connectivity index (χ0n) is 21.6. The molecule has 0 spiro atoms. The van der Waals surface area contributed by atoms with Gasteiger partial charge in [-0.05, 0) is 42.7 Å². The van der Waals surface area contributed by atoms with E-state index in [1.165, 1.54) is 11.2 Å². The van der Waals surface area contributed by atoms with Gasteiger partial charge < -0.3 is 29.5 Å². The Morgan fingerprint density at radius 1 is 1.08 bits per heavy atom. The highest BCUT2D eigenvalue weighted by Gasteiger charge is 2.33. The molecule has 3 aliphatic heterocycles. The molecular formula is C27H35N3O7S. The number of nitrogens with one attached hydrogen (secondary N) is 1. The maximum atomic E-state index is 12.2. The van der Waals surface area contributed by atoms with Crippen molar-refractivity contribution < 1.29 is 32.5 Å². The fourth-order valence-corrected chi connectivity index (χ4v) is 5.87. The number of likely N-dealkylation sites (tertiary alicyclic amines) is 1. The molecule has 2 N–H and O–H groups in total. The number of piperidine rings is 1. The largest absolute Gasteiger partial charge is 0.465 e. The molecule has 2 fully saturated rings. The first-order chi connectivity index (χ1) is 18.3. The van der Waals surface area contributed by atoms with Crippen LogP contribution >= 0.6 is 0 Å². The molecule has 0 bridgehead atoms. The van der Waals surface area contributed by atoms with E-state index in [0.29, 0.717) is 39.1 Å². The monoisotopic (exact) mass is 545 g/mol. The van der Waals surface area contributed by atoms with E-state index in [1.807, 2.05) is 24.3 Å². The molecule has 2 aromatic carbocycles. The predicted molar refractivity (Wildman–Crippen MR) is 142 cm³/mol.